The number of aliphatic carboxylic acids is 1. The molecule has 0 unspecified atom stereocenters. The molecule has 0 saturated heterocycles. The Hall–Kier alpha value is -1.84. The Balaban J connectivity index is 2.82. The molecule has 1 atom stereocenters. The van der Waals surface area contributed by atoms with Gasteiger partial charge in [-0.1, -0.05) is 44.2 Å². The lowest BCUT2D eigenvalue weighted by Gasteiger charge is -2.18. The van der Waals surface area contributed by atoms with E-state index in [-0.39, 0.29) is 11.8 Å². The molecule has 98 valence electrons. The zero-order valence-electron chi connectivity index (χ0n) is 10.7. The molecule has 0 fully saturated rings. The fourth-order valence-electron chi connectivity index (χ4n) is 1.85. The number of benzene rings is 1. The fraction of sp³-hybridized carbons (Fsp3) is 0.429. The summed E-state index contributed by atoms with van der Waals surface area (Å²) in [5, 5.41) is 11.8. The van der Waals surface area contributed by atoms with Gasteiger partial charge in [0.25, 0.3) is 0 Å². The third-order valence-electron chi connectivity index (χ3n) is 3.02. The van der Waals surface area contributed by atoms with Gasteiger partial charge in [0.05, 0.1) is 0 Å². The van der Waals surface area contributed by atoms with Crippen LogP contribution in [0.25, 0.3) is 0 Å². The van der Waals surface area contributed by atoms with Crippen molar-refractivity contribution in [3.05, 3.63) is 35.9 Å². The molecule has 0 spiro atoms. The lowest BCUT2D eigenvalue weighted by Crippen LogP contribution is -2.37. The highest BCUT2D eigenvalue weighted by Gasteiger charge is 2.24. The van der Waals surface area contributed by atoms with Crippen LogP contribution in [0.3, 0.4) is 0 Å². The van der Waals surface area contributed by atoms with Gasteiger partial charge in [0, 0.05) is 5.92 Å². The summed E-state index contributed by atoms with van der Waals surface area (Å²) in [5.41, 5.74) is 0.587. The number of nitrogens with one attached hydrogen (secondary N) is 1. The first kappa shape index (κ1) is 14.2. The predicted molar refractivity (Wildman–Crippen MR) is 69.0 cm³/mol. The van der Waals surface area contributed by atoms with Crippen molar-refractivity contribution in [3.8, 4) is 0 Å². The van der Waals surface area contributed by atoms with Crippen LogP contribution in [0, 0.1) is 5.92 Å². The summed E-state index contributed by atoms with van der Waals surface area (Å²) in [6.07, 6.45) is 1.42. The molecule has 0 saturated carbocycles. The average molecular weight is 249 g/mol. The van der Waals surface area contributed by atoms with Crippen molar-refractivity contribution in [1.29, 1.82) is 0 Å². The van der Waals surface area contributed by atoms with E-state index in [1.165, 1.54) is 0 Å². The first-order chi connectivity index (χ1) is 8.60. The molecule has 0 aliphatic rings. The summed E-state index contributed by atoms with van der Waals surface area (Å²) in [4.78, 5) is 23.1. The van der Waals surface area contributed by atoms with Gasteiger partial charge in [-0.05, 0) is 18.4 Å². The molecule has 4 heteroatoms. The van der Waals surface area contributed by atoms with E-state index in [4.69, 9.17) is 0 Å². The summed E-state index contributed by atoms with van der Waals surface area (Å²) in [5.74, 6) is -1.37. The van der Waals surface area contributed by atoms with E-state index < -0.39 is 12.0 Å². The van der Waals surface area contributed by atoms with Crippen LogP contribution < -0.4 is 5.32 Å². The molecule has 0 aliphatic heterocycles. The molecule has 0 aliphatic carbocycles. The van der Waals surface area contributed by atoms with E-state index >= 15 is 0 Å². The van der Waals surface area contributed by atoms with Gasteiger partial charge in [-0.3, -0.25) is 4.79 Å². The molecule has 0 radical (unpaired) electrons. The molecule has 0 heterocycles. The lowest BCUT2D eigenvalue weighted by atomic mass is 10.0. The topological polar surface area (TPSA) is 66.4 Å². The van der Waals surface area contributed by atoms with Gasteiger partial charge in [0.1, 0.15) is 0 Å². The van der Waals surface area contributed by atoms with Crippen LogP contribution in [-0.2, 0) is 9.59 Å². The van der Waals surface area contributed by atoms with Gasteiger partial charge < -0.3 is 10.4 Å². The van der Waals surface area contributed by atoms with Crippen molar-refractivity contribution >= 4 is 11.9 Å². The van der Waals surface area contributed by atoms with Gasteiger partial charge >= 0.3 is 5.97 Å². The van der Waals surface area contributed by atoms with Crippen LogP contribution in [0.4, 0.5) is 0 Å². The SMILES string of the molecule is CCC(CC)C(=O)N[C@@H](C(=O)O)c1ccccc1. The number of amides is 1. The number of carboxylic acids is 1. The second-order valence-electron chi connectivity index (χ2n) is 4.20. The van der Waals surface area contributed by atoms with Crippen LogP contribution in [-0.4, -0.2) is 17.0 Å². The second-order valence-corrected chi connectivity index (χ2v) is 4.20. The summed E-state index contributed by atoms with van der Waals surface area (Å²) < 4.78 is 0. The minimum absolute atomic E-state index is 0.129. The summed E-state index contributed by atoms with van der Waals surface area (Å²) in [7, 11) is 0. The zero-order chi connectivity index (χ0) is 13.5. The lowest BCUT2D eigenvalue weighted by molar-refractivity contribution is -0.142. The highest BCUT2D eigenvalue weighted by Crippen LogP contribution is 2.15. The molecule has 18 heavy (non-hydrogen) atoms. The molecule has 1 amide bonds. The molecular formula is C14H19NO3. The maximum absolute atomic E-state index is 11.9. The largest absolute Gasteiger partial charge is 0.479 e. The van der Waals surface area contributed by atoms with Crippen molar-refractivity contribution in [2.75, 3.05) is 0 Å². The molecule has 1 aromatic rings. The van der Waals surface area contributed by atoms with Crippen molar-refractivity contribution in [2.24, 2.45) is 5.92 Å². The standard InChI is InChI=1S/C14H19NO3/c1-3-10(4-2)13(16)15-12(14(17)18)11-8-6-5-7-9-11/h5-10,12H,3-4H2,1-2H3,(H,15,16)(H,17,18)/t12-/m1/s1. The smallest absolute Gasteiger partial charge is 0.330 e. The molecule has 0 bridgehead atoms. The summed E-state index contributed by atoms with van der Waals surface area (Å²) in [6.45, 7) is 3.85. The van der Waals surface area contributed by atoms with Crippen molar-refractivity contribution in [3.63, 3.8) is 0 Å². The fourth-order valence-corrected chi connectivity index (χ4v) is 1.85. The quantitative estimate of drug-likeness (QED) is 0.813. The van der Waals surface area contributed by atoms with E-state index in [0.29, 0.717) is 18.4 Å². The Labute approximate surface area is 107 Å². The van der Waals surface area contributed by atoms with Crippen LogP contribution in [0.1, 0.15) is 38.3 Å². The minimum Gasteiger partial charge on any atom is -0.479 e. The number of carbonyl (C=O) groups excluding carboxylic acids is 1. The van der Waals surface area contributed by atoms with Gasteiger partial charge in [-0.15, -0.1) is 0 Å². The van der Waals surface area contributed by atoms with Crippen LogP contribution in [0.2, 0.25) is 0 Å². The van der Waals surface area contributed by atoms with E-state index in [0.717, 1.165) is 0 Å². The highest BCUT2D eigenvalue weighted by atomic mass is 16.4. The van der Waals surface area contributed by atoms with Crippen LogP contribution in [0.5, 0.6) is 0 Å². The van der Waals surface area contributed by atoms with Crippen LogP contribution >= 0.6 is 0 Å². The van der Waals surface area contributed by atoms with Gasteiger partial charge in [-0.25, -0.2) is 4.79 Å². The van der Waals surface area contributed by atoms with E-state index in [2.05, 4.69) is 5.32 Å². The van der Waals surface area contributed by atoms with Crippen molar-refractivity contribution < 1.29 is 14.7 Å². The van der Waals surface area contributed by atoms with Crippen molar-refractivity contribution in [2.45, 2.75) is 32.7 Å². The number of rotatable bonds is 6. The number of hydrogen-bond acceptors (Lipinski definition) is 2. The first-order valence-corrected chi connectivity index (χ1v) is 6.18. The molecule has 2 N–H and O–H groups in total. The zero-order valence-corrected chi connectivity index (χ0v) is 10.7. The highest BCUT2D eigenvalue weighted by molar-refractivity contribution is 5.85. The van der Waals surface area contributed by atoms with Crippen molar-refractivity contribution in [1.82, 2.24) is 5.32 Å². The third-order valence-corrected chi connectivity index (χ3v) is 3.02. The Morgan fingerprint density at radius 1 is 1.17 bits per heavy atom. The predicted octanol–water partition coefficient (Wildman–Crippen LogP) is 2.36. The second kappa shape index (κ2) is 6.79. The molecule has 0 aromatic heterocycles. The Kier molecular flexibility index (Phi) is 5.36. The Morgan fingerprint density at radius 2 is 1.72 bits per heavy atom. The monoisotopic (exact) mass is 249 g/mol. The molecule has 4 nitrogen and oxygen atoms in total. The maximum atomic E-state index is 11.9. The third kappa shape index (κ3) is 3.58. The normalized spacial score (nSPS) is 12.2. The molecule has 1 aromatic carbocycles. The average Bonchev–Trinajstić information content (AvgIpc) is 2.38. The first-order valence-electron chi connectivity index (χ1n) is 6.18. The molecular weight excluding hydrogens is 230 g/mol. The number of carbonyl (C=O) groups is 2. The van der Waals surface area contributed by atoms with Gasteiger partial charge in [-0.2, -0.15) is 0 Å². The number of hydrogen-bond donors (Lipinski definition) is 2. The van der Waals surface area contributed by atoms with Gasteiger partial charge in [0.2, 0.25) is 5.91 Å². The maximum Gasteiger partial charge on any atom is 0.330 e. The Bertz CT molecular complexity index is 399. The summed E-state index contributed by atoms with van der Waals surface area (Å²) >= 11 is 0. The Morgan fingerprint density at radius 3 is 2.17 bits per heavy atom. The molecule has 1 rings (SSSR count). The van der Waals surface area contributed by atoms with E-state index in [1.54, 1.807) is 24.3 Å². The van der Waals surface area contributed by atoms with E-state index in [1.807, 2.05) is 19.9 Å². The minimum atomic E-state index is -1.04. The van der Waals surface area contributed by atoms with E-state index in [9.17, 15) is 14.7 Å². The number of carboxylic acid groups (broad SMARTS) is 1. The van der Waals surface area contributed by atoms with Crippen LogP contribution in [0.15, 0.2) is 30.3 Å². The summed E-state index contributed by atoms with van der Waals surface area (Å²) in [6, 6.07) is 7.76. The van der Waals surface area contributed by atoms with Gasteiger partial charge in [0.15, 0.2) is 6.04 Å².